The molecule has 1 N–H and O–H groups in total. The van der Waals surface area contributed by atoms with Crippen molar-refractivity contribution in [1.29, 1.82) is 0 Å². The van der Waals surface area contributed by atoms with Crippen LogP contribution in [0.4, 0.5) is 10.5 Å². The van der Waals surface area contributed by atoms with Gasteiger partial charge >= 0.3 is 6.03 Å². The summed E-state index contributed by atoms with van der Waals surface area (Å²) < 4.78 is 5.23. The molecule has 0 saturated carbocycles. The van der Waals surface area contributed by atoms with Crippen molar-refractivity contribution in [3.8, 4) is 11.4 Å². The van der Waals surface area contributed by atoms with E-state index in [2.05, 4.69) is 29.3 Å². The average molecular weight is 288 g/mol. The Morgan fingerprint density at radius 2 is 2.14 bits per heavy atom. The maximum Gasteiger partial charge on any atom is 0.321 e. The fourth-order valence-electron chi connectivity index (χ4n) is 1.78. The van der Waals surface area contributed by atoms with Gasteiger partial charge in [0.15, 0.2) is 0 Å². The van der Waals surface area contributed by atoms with Crippen molar-refractivity contribution < 1.29 is 9.32 Å². The number of urea groups is 1. The third kappa shape index (κ3) is 4.05. The highest BCUT2D eigenvalue weighted by Gasteiger charge is 2.11. The van der Waals surface area contributed by atoms with Crippen LogP contribution < -0.4 is 5.32 Å². The summed E-state index contributed by atoms with van der Waals surface area (Å²) in [6, 6.07) is 7.19. The molecule has 0 atom stereocenters. The van der Waals surface area contributed by atoms with Gasteiger partial charge in [-0.3, -0.25) is 0 Å². The molecule has 2 amide bonds. The highest BCUT2D eigenvalue weighted by Crippen LogP contribution is 2.21. The van der Waals surface area contributed by atoms with Crippen LogP contribution in [0.5, 0.6) is 0 Å². The van der Waals surface area contributed by atoms with E-state index in [1.807, 2.05) is 24.3 Å². The molecule has 0 aliphatic carbocycles. The molecule has 0 unspecified atom stereocenters. The van der Waals surface area contributed by atoms with E-state index >= 15 is 0 Å². The minimum absolute atomic E-state index is 0.180. The standard InChI is InChI=1S/C15H20N4O2/c1-10(2)8-13-17-14(18-21-13)11-6-5-7-12(9-11)16-15(20)19(3)4/h5-7,9-10H,8H2,1-4H3,(H,16,20). The van der Waals surface area contributed by atoms with Gasteiger partial charge in [0.2, 0.25) is 11.7 Å². The summed E-state index contributed by atoms with van der Waals surface area (Å²) in [5.74, 6) is 1.62. The number of benzene rings is 1. The molecule has 6 heteroatoms. The Bertz CT molecular complexity index is 620. The first kappa shape index (κ1) is 15.0. The van der Waals surface area contributed by atoms with Crippen LogP contribution in [0, 0.1) is 5.92 Å². The van der Waals surface area contributed by atoms with Crippen molar-refractivity contribution in [3.05, 3.63) is 30.2 Å². The number of hydrogen-bond donors (Lipinski definition) is 1. The van der Waals surface area contributed by atoms with E-state index in [4.69, 9.17) is 4.52 Å². The number of amides is 2. The van der Waals surface area contributed by atoms with Gasteiger partial charge in [-0.15, -0.1) is 0 Å². The lowest BCUT2D eigenvalue weighted by Crippen LogP contribution is -2.27. The summed E-state index contributed by atoms with van der Waals surface area (Å²) in [5.41, 5.74) is 1.51. The Kier molecular flexibility index (Phi) is 4.57. The smallest absolute Gasteiger partial charge is 0.321 e. The van der Waals surface area contributed by atoms with E-state index in [0.717, 1.165) is 12.0 Å². The van der Waals surface area contributed by atoms with Gasteiger partial charge in [-0.1, -0.05) is 31.1 Å². The van der Waals surface area contributed by atoms with E-state index < -0.39 is 0 Å². The molecule has 1 heterocycles. The first-order chi connectivity index (χ1) is 9.95. The van der Waals surface area contributed by atoms with Crippen molar-refractivity contribution >= 4 is 11.7 Å². The van der Waals surface area contributed by atoms with Crippen LogP contribution in [0.3, 0.4) is 0 Å². The third-order valence-electron chi connectivity index (χ3n) is 2.83. The average Bonchev–Trinajstić information content (AvgIpc) is 2.86. The number of nitrogens with zero attached hydrogens (tertiary/aromatic N) is 3. The molecule has 0 saturated heterocycles. The zero-order valence-electron chi connectivity index (χ0n) is 12.8. The summed E-state index contributed by atoms with van der Waals surface area (Å²) in [4.78, 5) is 17.5. The third-order valence-corrected chi connectivity index (χ3v) is 2.83. The molecule has 0 spiro atoms. The van der Waals surface area contributed by atoms with Crippen LogP contribution in [-0.2, 0) is 6.42 Å². The Labute approximate surface area is 124 Å². The lowest BCUT2D eigenvalue weighted by atomic mass is 10.1. The minimum Gasteiger partial charge on any atom is -0.339 e. The largest absolute Gasteiger partial charge is 0.339 e. The lowest BCUT2D eigenvalue weighted by molar-refractivity contribution is 0.230. The number of nitrogens with one attached hydrogen (secondary N) is 1. The van der Waals surface area contributed by atoms with E-state index in [0.29, 0.717) is 23.3 Å². The highest BCUT2D eigenvalue weighted by atomic mass is 16.5. The lowest BCUT2D eigenvalue weighted by Gasteiger charge is -2.12. The van der Waals surface area contributed by atoms with Gasteiger partial charge in [0.1, 0.15) is 0 Å². The minimum atomic E-state index is -0.180. The maximum absolute atomic E-state index is 11.7. The van der Waals surface area contributed by atoms with Crippen molar-refractivity contribution in [3.63, 3.8) is 0 Å². The van der Waals surface area contributed by atoms with Crippen LogP contribution in [0.2, 0.25) is 0 Å². The van der Waals surface area contributed by atoms with Gasteiger partial charge in [-0.25, -0.2) is 4.79 Å². The van der Waals surface area contributed by atoms with E-state index in [9.17, 15) is 4.79 Å². The van der Waals surface area contributed by atoms with Gasteiger partial charge in [0.25, 0.3) is 0 Å². The van der Waals surface area contributed by atoms with E-state index in [1.165, 1.54) is 4.90 Å². The molecule has 0 radical (unpaired) electrons. The molecule has 21 heavy (non-hydrogen) atoms. The highest BCUT2D eigenvalue weighted by molar-refractivity contribution is 5.89. The van der Waals surface area contributed by atoms with Gasteiger partial charge in [0.05, 0.1) is 0 Å². The van der Waals surface area contributed by atoms with Crippen LogP contribution >= 0.6 is 0 Å². The molecule has 0 fully saturated rings. The Morgan fingerprint density at radius 3 is 2.81 bits per heavy atom. The molecular weight excluding hydrogens is 268 g/mol. The molecule has 0 aliphatic heterocycles. The molecular formula is C15H20N4O2. The predicted molar refractivity (Wildman–Crippen MR) is 81.0 cm³/mol. The van der Waals surface area contributed by atoms with Crippen LogP contribution in [-0.4, -0.2) is 35.2 Å². The first-order valence-electron chi connectivity index (χ1n) is 6.87. The molecule has 112 valence electrons. The summed E-state index contributed by atoms with van der Waals surface area (Å²) in [6.45, 7) is 4.20. The molecule has 1 aromatic heterocycles. The number of anilines is 1. The summed E-state index contributed by atoms with van der Waals surface area (Å²) >= 11 is 0. The summed E-state index contributed by atoms with van der Waals surface area (Å²) in [5, 5.41) is 6.78. The topological polar surface area (TPSA) is 71.3 Å². The van der Waals surface area contributed by atoms with E-state index in [-0.39, 0.29) is 6.03 Å². The predicted octanol–water partition coefficient (Wildman–Crippen LogP) is 3.03. The second kappa shape index (κ2) is 6.39. The number of carbonyl (C=O) groups excluding carboxylic acids is 1. The second-order valence-electron chi connectivity index (χ2n) is 5.52. The molecule has 1 aromatic carbocycles. The maximum atomic E-state index is 11.7. The number of carbonyl (C=O) groups is 1. The monoisotopic (exact) mass is 288 g/mol. The Balaban J connectivity index is 2.17. The molecule has 0 aliphatic rings. The Hall–Kier alpha value is -2.37. The summed E-state index contributed by atoms with van der Waals surface area (Å²) in [7, 11) is 3.38. The van der Waals surface area contributed by atoms with Gasteiger partial charge in [-0.05, 0) is 18.1 Å². The molecule has 2 rings (SSSR count). The zero-order valence-corrected chi connectivity index (χ0v) is 12.8. The first-order valence-corrected chi connectivity index (χ1v) is 6.87. The van der Waals surface area contributed by atoms with Gasteiger partial charge < -0.3 is 14.7 Å². The van der Waals surface area contributed by atoms with Gasteiger partial charge in [0, 0.05) is 31.8 Å². The number of rotatable bonds is 4. The quantitative estimate of drug-likeness (QED) is 0.938. The molecule has 2 aromatic rings. The Morgan fingerprint density at radius 1 is 1.38 bits per heavy atom. The second-order valence-corrected chi connectivity index (χ2v) is 5.52. The number of aromatic nitrogens is 2. The summed E-state index contributed by atoms with van der Waals surface area (Å²) in [6.07, 6.45) is 0.754. The fraction of sp³-hybridized carbons (Fsp3) is 0.400. The zero-order chi connectivity index (χ0) is 15.4. The van der Waals surface area contributed by atoms with Crippen molar-refractivity contribution in [2.24, 2.45) is 5.92 Å². The van der Waals surface area contributed by atoms with Crippen molar-refractivity contribution in [2.75, 3.05) is 19.4 Å². The van der Waals surface area contributed by atoms with Crippen molar-refractivity contribution in [1.82, 2.24) is 15.0 Å². The van der Waals surface area contributed by atoms with Crippen LogP contribution in [0.1, 0.15) is 19.7 Å². The van der Waals surface area contributed by atoms with Gasteiger partial charge in [-0.2, -0.15) is 4.98 Å². The van der Waals surface area contributed by atoms with Crippen LogP contribution in [0.25, 0.3) is 11.4 Å². The SMILES string of the molecule is CC(C)Cc1nc(-c2cccc(NC(=O)N(C)C)c2)no1. The van der Waals surface area contributed by atoms with Crippen molar-refractivity contribution in [2.45, 2.75) is 20.3 Å². The number of hydrogen-bond acceptors (Lipinski definition) is 4. The molecule has 0 bridgehead atoms. The van der Waals surface area contributed by atoms with E-state index in [1.54, 1.807) is 14.1 Å². The molecule has 6 nitrogen and oxygen atoms in total. The fourth-order valence-corrected chi connectivity index (χ4v) is 1.78. The normalized spacial score (nSPS) is 10.7. The van der Waals surface area contributed by atoms with Crippen LogP contribution in [0.15, 0.2) is 28.8 Å².